The number of hydrogen-bond donors (Lipinski definition) is 2. The third kappa shape index (κ3) is 3.80. The molecular weight excluding hydrogens is 361 g/mol. The van der Waals surface area contributed by atoms with Gasteiger partial charge in [0.15, 0.2) is 11.6 Å². The Bertz CT molecular complexity index is 976. The highest BCUT2D eigenvalue weighted by Gasteiger charge is 2.40. The maximum atomic E-state index is 14.1. The number of hydrogen-bond acceptors (Lipinski definition) is 4. The van der Waals surface area contributed by atoms with E-state index in [0.717, 1.165) is 17.7 Å². The number of carbonyl (C=O) groups is 1. The zero-order valence-electron chi connectivity index (χ0n) is 15.3. The molecule has 4 rings (SSSR count). The molecule has 0 unspecified atom stereocenters. The minimum Gasteiger partial charge on any atom is -0.494 e. The van der Waals surface area contributed by atoms with Crippen molar-refractivity contribution in [1.29, 1.82) is 0 Å². The lowest BCUT2D eigenvalue weighted by atomic mass is 10.2. The van der Waals surface area contributed by atoms with E-state index in [2.05, 4.69) is 20.7 Å². The Labute approximate surface area is 161 Å². The first-order valence-electron chi connectivity index (χ1n) is 8.97. The van der Waals surface area contributed by atoms with Gasteiger partial charge in [-0.1, -0.05) is 18.2 Å². The summed E-state index contributed by atoms with van der Waals surface area (Å²) in [5.41, 5.74) is 2.20. The van der Waals surface area contributed by atoms with Gasteiger partial charge in [0.1, 0.15) is 0 Å². The number of nitrogens with zero attached hydrogens (tertiary/aromatic N) is 3. The fourth-order valence-electron chi connectivity index (χ4n) is 3.10. The van der Waals surface area contributed by atoms with E-state index in [9.17, 15) is 9.18 Å². The molecule has 144 valence electrons. The van der Waals surface area contributed by atoms with Gasteiger partial charge >= 0.3 is 6.03 Å². The fourth-order valence-corrected chi connectivity index (χ4v) is 3.10. The number of para-hydroxylation sites is 1. The van der Waals surface area contributed by atoms with Crippen molar-refractivity contribution in [3.05, 3.63) is 72.1 Å². The smallest absolute Gasteiger partial charge is 0.315 e. The van der Waals surface area contributed by atoms with Gasteiger partial charge in [0.2, 0.25) is 0 Å². The zero-order valence-corrected chi connectivity index (χ0v) is 15.3. The van der Waals surface area contributed by atoms with Crippen molar-refractivity contribution >= 4 is 6.03 Å². The van der Waals surface area contributed by atoms with E-state index in [4.69, 9.17) is 4.74 Å². The van der Waals surface area contributed by atoms with E-state index in [0.29, 0.717) is 0 Å². The molecule has 1 saturated carbocycles. The average molecular weight is 381 g/mol. The summed E-state index contributed by atoms with van der Waals surface area (Å²) in [5, 5.41) is 9.93. The third-order valence-electron chi connectivity index (χ3n) is 4.72. The van der Waals surface area contributed by atoms with Crippen molar-refractivity contribution in [2.75, 3.05) is 7.11 Å². The first-order valence-corrected chi connectivity index (χ1v) is 8.97. The van der Waals surface area contributed by atoms with Crippen LogP contribution < -0.4 is 15.4 Å². The van der Waals surface area contributed by atoms with Gasteiger partial charge in [-0.25, -0.2) is 13.9 Å². The molecule has 28 heavy (non-hydrogen) atoms. The minimum absolute atomic E-state index is 0.0157. The van der Waals surface area contributed by atoms with Gasteiger partial charge in [0.25, 0.3) is 0 Å². The highest BCUT2D eigenvalue weighted by atomic mass is 19.1. The number of halogens is 1. The van der Waals surface area contributed by atoms with Crippen LogP contribution in [0.4, 0.5) is 9.18 Å². The number of aromatic nitrogens is 3. The number of pyridine rings is 1. The Morgan fingerprint density at radius 2 is 2.14 bits per heavy atom. The van der Waals surface area contributed by atoms with E-state index >= 15 is 0 Å². The maximum absolute atomic E-state index is 14.1. The molecule has 1 aliphatic rings. The molecule has 1 aliphatic carbocycles. The Hall–Kier alpha value is -3.42. The number of methoxy groups -OCH3 is 1. The SMILES string of the molecule is COc1ccnc(CNC(=O)N[C@@H]2C[C@H]2c2cnn(-c3ccccc3)c2)c1F. The van der Waals surface area contributed by atoms with Crippen LogP contribution in [0.3, 0.4) is 0 Å². The van der Waals surface area contributed by atoms with E-state index in [-0.39, 0.29) is 36.0 Å². The molecule has 0 bridgehead atoms. The molecule has 2 amide bonds. The van der Waals surface area contributed by atoms with Crippen LogP contribution in [0.25, 0.3) is 5.69 Å². The van der Waals surface area contributed by atoms with E-state index in [1.165, 1.54) is 19.4 Å². The van der Waals surface area contributed by atoms with Crippen LogP contribution in [-0.4, -0.2) is 33.9 Å². The number of nitrogens with one attached hydrogen (secondary N) is 2. The second-order valence-corrected chi connectivity index (χ2v) is 6.60. The second kappa shape index (κ2) is 7.67. The predicted molar refractivity (Wildman–Crippen MR) is 101 cm³/mol. The van der Waals surface area contributed by atoms with Crippen molar-refractivity contribution in [1.82, 2.24) is 25.4 Å². The number of benzene rings is 1. The lowest BCUT2D eigenvalue weighted by molar-refractivity contribution is 0.239. The van der Waals surface area contributed by atoms with Gasteiger partial charge in [-0.3, -0.25) is 4.98 Å². The van der Waals surface area contributed by atoms with Crippen LogP contribution >= 0.6 is 0 Å². The largest absolute Gasteiger partial charge is 0.494 e. The molecule has 2 N–H and O–H groups in total. The third-order valence-corrected chi connectivity index (χ3v) is 4.72. The van der Waals surface area contributed by atoms with Crippen LogP contribution in [0.15, 0.2) is 55.0 Å². The Kier molecular flexibility index (Phi) is 4.92. The van der Waals surface area contributed by atoms with Gasteiger partial charge in [-0.2, -0.15) is 5.10 Å². The van der Waals surface area contributed by atoms with Crippen molar-refractivity contribution in [2.24, 2.45) is 0 Å². The van der Waals surface area contributed by atoms with Crippen molar-refractivity contribution in [2.45, 2.75) is 24.9 Å². The molecule has 3 aromatic rings. The summed E-state index contributed by atoms with van der Waals surface area (Å²) in [6.07, 6.45) is 6.10. The van der Waals surface area contributed by atoms with Gasteiger partial charge in [-0.05, 0) is 24.1 Å². The van der Waals surface area contributed by atoms with Gasteiger partial charge in [0, 0.05) is 30.4 Å². The lowest BCUT2D eigenvalue weighted by Crippen LogP contribution is -2.37. The number of urea groups is 1. The van der Waals surface area contributed by atoms with Crippen molar-refractivity contribution < 1.29 is 13.9 Å². The van der Waals surface area contributed by atoms with Gasteiger partial charge in [-0.15, -0.1) is 0 Å². The van der Waals surface area contributed by atoms with Crippen molar-refractivity contribution in [3.8, 4) is 11.4 Å². The number of carbonyl (C=O) groups excluding carboxylic acids is 1. The number of rotatable bonds is 6. The van der Waals surface area contributed by atoms with E-state index in [1.807, 2.05) is 47.4 Å². The molecule has 2 heterocycles. The summed E-state index contributed by atoms with van der Waals surface area (Å²) in [6.45, 7) is -0.0157. The highest BCUT2D eigenvalue weighted by molar-refractivity contribution is 5.74. The zero-order chi connectivity index (χ0) is 19.5. The maximum Gasteiger partial charge on any atom is 0.315 e. The second-order valence-electron chi connectivity index (χ2n) is 6.60. The summed E-state index contributed by atoms with van der Waals surface area (Å²) < 4.78 is 20.8. The van der Waals surface area contributed by atoms with E-state index < -0.39 is 5.82 Å². The molecule has 7 nitrogen and oxygen atoms in total. The minimum atomic E-state index is -0.567. The summed E-state index contributed by atoms with van der Waals surface area (Å²) in [5.74, 6) is -0.234. The molecule has 0 aliphatic heterocycles. The summed E-state index contributed by atoms with van der Waals surface area (Å²) in [7, 11) is 1.38. The summed E-state index contributed by atoms with van der Waals surface area (Å²) in [6, 6.07) is 11.0. The molecule has 0 saturated heterocycles. The number of ether oxygens (including phenoxy) is 1. The number of amides is 2. The Morgan fingerprint density at radius 3 is 2.93 bits per heavy atom. The molecule has 8 heteroatoms. The summed E-state index contributed by atoms with van der Waals surface area (Å²) in [4.78, 5) is 16.1. The van der Waals surface area contributed by atoms with Crippen LogP contribution in [0, 0.1) is 5.82 Å². The topological polar surface area (TPSA) is 81.1 Å². The fraction of sp³-hybridized carbons (Fsp3) is 0.250. The molecule has 0 spiro atoms. The van der Waals surface area contributed by atoms with E-state index in [1.54, 1.807) is 0 Å². The average Bonchev–Trinajstić information content (AvgIpc) is 3.30. The molecule has 2 atom stereocenters. The van der Waals surface area contributed by atoms with Gasteiger partial charge < -0.3 is 15.4 Å². The normalized spacial score (nSPS) is 17.8. The van der Waals surface area contributed by atoms with Crippen LogP contribution in [0.1, 0.15) is 23.6 Å². The molecule has 1 aromatic carbocycles. The predicted octanol–water partition coefficient (Wildman–Crippen LogP) is 2.77. The monoisotopic (exact) mass is 381 g/mol. The molecular formula is C20H20FN5O2. The standard InChI is InChI=1S/C20H20FN5O2/c1-28-18-7-8-22-17(19(18)21)11-23-20(27)25-16-9-15(16)13-10-24-26(12-13)14-5-3-2-4-6-14/h2-8,10,12,15-16H,9,11H2,1H3,(H2,23,25,27)/t15-,16+/m0/s1. The first-order chi connectivity index (χ1) is 13.7. The summed E-state index contributed by atoms with van der Waals surface area (Å²) >= 11 is 0. The first kappa shape index (κ1) is 18.0. The molecule has 1 fully saturated rings. The Morgan fingerprint density at radius 1 is 1.32 bits per heavy atom. The lowest BCUT2D eigenvalue weighted by Gasteiger charge is -2.09. The van der Waals surface area contributed by atoms with Gasteiger partial charge in [0.05, 0.1) is 31.2 Å². The Balaban J connectivity index is 1.30. The van der Waals surface area contributed by atoms with Crippen molar-refractivity contribution in [3.63, 3.8) is 0 Å². The highest BCUT2D eigenvalue weighted by Crippen LogP contribution is 2.40. The van der Waals surface area contributed by atoms with Crippen LogP contribution in [0.5, 0.6) is 5.75 Å². The molecule has 2 aromatic heterocycles. The van der Waals surface area contributed by atoms with Crippen LogP contribution in [-0.2, 0) is 6.54 Å². The quantitative estimate of drug-likeness (QED) is 0.688. The molecule has 0 radical (unpaired) electrons. The van der Waals surface area contributed by atoms with Crippen LogP contribution in [0.2, 0.25) is 0 Å².